The second-order valence-electron chi connectivity index (χ2n) is 8.55. The summed E-state index contributed by atoms with van der Waals surface area (Å²) in [6.45, 7) is -0.958. The molecule has 0 bridgehead atoms. The number of fused-ring (bicyclic) bond motifs is 1. The molecular formula is C19H25N8O9P. The molecule has 18 heteroatoms. The first kappa shape index (κ1) is 25.6. The van der Waals surface area contributed by atoms with Gasteiger partial charge in [-0.15, -0.1) is 0 Å². The third-order valence-corrected chi connectivity index (χ3v) is 7.02. The predicted octanol–water partition coefficient (Wildman–Crippen LogP) is -1.32. The van der Waals surface area contributed by atoms with Crippen LogP contribution < -0.4 is 17.2 Å². The van der Waals surface area contributed by atoms with E-state index in [1.807, 2.05) is 0 Å². The molecule has 17 nitrogen and oxygen atoms in total. The van der Waals surface area contributed by atoms with Crippen LogP contribution in [-0.4, -0.2) is 81.8 Å². The summed E-state index contributed by atoms with van der Waals surface area (Å²) in [5.74, 6) is 0.234. The molecular weight excluding hydrogens is 515 g/mol. The van der Waals surface area contributed by atoms with E-state index in [1.54, 1.807) is 4.57 Å². The van der Waals surface area contributed by atoms with E-state index in [9.17, 15) is 24.5 Å². The number of aromatic nitrogens is 6. The Kier molecular flexibility index (Phi) is 6.95. The van der Waals surface area contributed by atoms with Crippen molar-refractivity contribution in [1.29, 1.82) is 0 Å². The van der Waals surface area contributed by atoms with Gasteiger partial charge in [-0.1, -0.05) is 0 Å². The van der Waals surface area contributed by atoms with Crippen molar-refractivity contribution in [2.45, 2.75) is 49.7 Å². The van der Waals surface area contributed by atoms with Gasteiger partial charge < -0.3 is 36.0 Å². The van der Waals surface area contributed by atoms with Crippen LogP contribution in [0.3, 0.4) is 0 Å². The van der Waals surface area contributed by atoms with Crippen LogP contribution in [0.1, 0.15) is 25.3 Å². The molecule has 1 unspecified atom stereocenters. The van der Waals surface area contributed by atoms with Crippen LogP contribution in [-0.2, 0) is 23.1 Å². The molecule has 0 spiro atoms. The van der Waals surface area contributed by atoms with E-state index in [-0.39, 0.29) is 24.5 Å². The largest absolute Gasteiger partial charge is 0.472 e. The molecule has 7 N–H and O–H groups in total. The summed E-state index contributed by atoms with van der Waals surface area (Å²) in [6.07, 6.45) is -1.33. The Labute approximate surface area is 208 Å². The molecule has 0 aromatic carbocycles. The molecule has 200 valence electrons. The van der Waals surface area contributed by atoms with Gasteiger partial charge in [-0.25, -0.2) is 24.3 Å². The Balaban J connectivity index is 1.14. The number of phosphoric ester groups is 1. The number of aliphatic hydroxyl groups is 2. The van der Waals surface area contributed by atoms with E-state index in [0.717, 1.165) is 4.57 Å². The SMILES string of the molecule is Nc1ccn([C@H]2C[C@H](O)[C@@H](COP(=O)(O)OC[C@H]3O[C@@H](n4cnc5c(N)ncnc54)C[C@@H]3O)O2)c(=O)n1. The van der Waals surface area contributed by atoms with E-state index in [1.165, 1.54) is 24.9 Å². The summed E-state index contributed by atoms with van der Waals surface area (Å²) in [5.41, 5.74) is 11.4. The first-order chi connectivity index (χ1) is 17.6. The summed E-state index contributed by atoms with van der Waals surface area (Å²) in [7, 11) is -4.62. The molecule has 2 saturated heterocycles. The Hall–Kier alpha value is -3.02. The summed E-state index contributed by atoms with van der Waals surface area (Å²) in [5, 5.41) is 20.7. The highest BCUT2D eigenvalue weighted by Gasteiger charge is 2.40. The van der Waals surface area contributed by atoms with Crippen LogP contribution in [0, 0.1) is 0 Å². The highest BCUT2D eigenvalue weighted by molar-refractivity contribution is 7.47. The van der Waals surface area contributed by atoms with E-state index in [4.69, 9.17) is 30.0 Å². The maximum Gasteiger partial charge on any atom is 0.472 e. The molecule has 0 amide bonds. The van der Waals surface area contributed by atoms with Crippen molar-refractivity contribution in [2.75, 3.05) is 24.7 Å². The number of phosphoric acid groups is 1. The van der Waals surface area contributed by atoms with E-state index in [2.05, 4.69) is 19.9 Å². The fourth-order valence-corrected chi connectivity index (χ4v) is 4.92. The minimum absolute atomic E-state index is 0.0269. The van der Waals surface area contributed by atoms with Crippen molar-refractivity contribution in [1.82, 2.24) is 29.1 Å². The van der Waals surface area contributed by atoms with Crippen molar-refractivity contribution in [3.8, 4) is 0 Å². The third kappa shape index (κ3) is 5.34. The lowest BCUT2D eigenvalue weighted by Gasteiger charge is -2.20. The molecule has 0 saturated carbocycles. The smallest absolute Gasteiger partial charge is 0.390 e. The predicted molar refractivity (Wildman–Crippen MR) is 123 cm³/mol. The van der Waals surface area contributed by atoms with E-state index >= 15 is 0 Å². The van der Waals surface area contributed by atoms with Crippen molar-refractivity contribution < 1.29 is 38.2 Å². The molecule has 0 radical (unpaired) electrons. The highest BCUT2D eigenvalue weighted by atomic mass is 31.2. The van der Waals surface area contributed by atoms with Gasteiger partial charge in [0.25, 0.3) is 0 Å². The summed E-state index contributed by atoms with van der Waals surface area (Å²) in [6, 6.07) is 1.40. The number of aliphatic hydroxyl groups excluding tert-OH is 2. The number of nitrogens with two attached hydrogens (primary N) is 2. The Morgan fingerprint density at radius 2 is 1.65 bits per heavy atom. The monoisotopic (exact) mass is 540 g/mol. The Morgan fingerprint density at radius 3 is 2.27 bits per heavy atom. The lowest BCUT2D eigenvalue weighted by Crippen LogP contribution is -2.29. The average molecular weight is 540 g/mol. The van der Waals surface area contributed by atoms with Crippen molar-refractivity contribution >= 4 is 30.6 Å². The van der Waals surface area contributed by atoms with Crippen molar-refractivity contribution in [3.63, 3.8) is 0 Å². The van der Waals surface area contributed by atoms with Crippen LogP contribution >= 0.6 is 7.82 Å². The zero-order valence-corrected chi connectivity index (χ0v) is 20.1. The van der Waals surface area contributed by atoms with Crippen LogP contribution in [0.15, 0.2) is 29.7 Å². The molecule has 2 fully saturated rings. The first-order valence-electron chi connectivity index (χ1n) is 11.2. The maximum absolute atomic E-state index is 12.4. The number of nitrogen functional groups attached to an aromatic ring is 2. The number of hydrogen-bond acceptors (Lipinski definition) is 14. The first-order valence-corrected chi connectivity index (χ1v) is 12.7. The Morgan fingerprint density at radius 1 is 1.03 bits per heavy atom. The highest BCUT2D eigenvalue weighted by Crippen LogP contribution is 2.45. The van der Waals surface area contributed by atoms with Gasteiger partial charge in [-0.05, 0) is 6.07 Å². The topological polar surface area (TPSA) is 245 Å². The van der Waals surface area contributed by atoms with Gasteiger partial charge in [-0.2, -0.15) is 4.98 Å². The summed E-state index contributed by atoms with van der Waals surface area (Å²) >= 11 is 0. The number of imidazole rings is 1. The zero-order chi connectivity index (χ0) is 26.3. The number of rotatable bonds is 8. The van der Waals surface area contributed by atoms with Gasteiger partial charge >= 0.3 is 13.5 Å². The molecule has 3 aromatic heterocycles. The molecule has 5 heterocycles. The van der Waals surface area contributed by atoms with Gasteiger partial charge in [0.1, 0.15) is 42.3 Å². The van der Waals surface area contributed by atoms with Crippen molar-refractivity contribution in [2.24, 2.45) is 0 Å². The molecule has 0 aliphatic carbocycles. The lowest BCUT2D eigenvalue weighted by molar-refractivity contribution is -0.0571. The van der Waals surface area contributed by atoms with E-state index < -0.39 is 63.6 Å². The average Bonchev–Trinajstić information content (AvgIpc) is 3.53. The van der Waals surface area contributed by atoms with Gasteiger partial charge in [-0.3, -0.25) is 18.2 Å². The fourth-order valence-electron chi connectivity index (χ4n) is 4.17. The van der Waals surface area contributed by atoms with Crippen LogP contribution in [0.4, 0.5) is 11.6 Å². The minimum Gasteiger partial charge on any atom is -0.390 e. The van der Waals surface area contributed by atoms with E-state index in [0.29, 0.717) is 11.2 Å². The quantitative estimate of drug-likeness (QED) is 0.208. The molecule has 37 heavy (non-hydrogen) atoms. The van der Waals surface area contributed by atoms with Gasteiger partial charge in [0.15, 0.2) is 11.5 Å². The van der Waals surface area contributed by atoms with Crippen molar-refractivity contribution in [3.05, 3.63) is 35.4 Å². The molecule has 5 rings (SSSR count). The second-order valence-corrected chi connectivity index (χ2v) is 10.0. The number of nitrogens with zero attached hydrogens (tertiary/aromatic N) is 6. The van der Waals surface area contributed by atoms with Crippen LogP contribution in [0.25, 0.3) is 11.2 Å². The Bertz CT molecular complexity index is 1390. The van der Waals surface area contributed by atoms with Crippen LogP contribution in [0.2, 0.25) is 0 Å². The summed E-state index contributed by atoms with van der Waals surface area (Å²) < 4.78 is 36.5. The number of anilines is 2. The second kappa shape index (κ2) is 10.0. The zero-order valence-electron chi connectivity index (χ0n) is 19.2. The van der Waals surface area contributed by atoms with Gasteiger partial charge in [0.05, 0.1) is 31.7 Å². The summed E-state index contributed by atoms with van der Waals surface area (Å²) in [4.78, 5) is 37.9. The minimum atomic E-state index is -4.62. The molecule has 2 aliphatic rings. The number of ether oxygens (including phenoxy) is 2. The third-order valence-electron chi connectivity index (χ3n) is 6.07. The lowest BCUT2D eigenvalue weighted by atomic mass is 10.2. The normalized spacial score (nSPS) is 29.6. The molecule has 3 aromatic rings. The number of hydrogen-bond donors (Lipinski definition) is 5. The standard InChI is InChI=1S/C19H25N8O9P/c20-13-1-2-26(19(30)25-13)14-3-9(28)11(35-14)5-33-37(31,32)34-6-12-10(29)4-15(36-12)27-8-24-16-17(21)22-7-23-18(16)27/h1-2,7-12,14-15,28-29H,3-6H2,(H,31,32)(H2,20,25,30)(H2,21,22,23)/t9-,10-,11+,12+,14+,15+/m0/s1. The molecule has 7 atom stereocenters. The maximum atomic E-state index is 12.4. The van der Waals surface area contributed by atoms with Gasteiger partial charge in [0.2, 0.25) is 0 Å². The van der Waals surface area contributed by atoms with Crippen LogP contribution in [0.5, 0.6) is 0 Å². The molecule has 2 aliphatic heterocycles. The fraction of sp³-hybridized carbons (Fsp3) is 0.526. The van der Waals surface area contributed by atoms with Gasteiger partial charge in [0, 0.05) is 19.0 Å².